The highest BCUT2D eigenvalue weighted by Gasteiger charge is 2.22. The minimum absolute atomic E-state index is 0. The molecule has 1 aliphatic heterocycles. The number of carbonyl (C=O) groups excluding carboxylic acids is 1. The molecule has 23 heavy (non-hydrogen) atoms. The maximum Gasteiger partial charge on any atom is 0.237 e. The zero-order chi connectivity index (χ0) is 15.1. The second-order valence-electron chi connectivity index (χ2n) is 5.82. The Morgan fingerprint density at radius 2 is 2.00 bits per heavy atom. The van der Waals surface area contributed by atoms with Gasteiger partial charge in [0.25, 0.3) is 0 Å². The maximum atomic E-state index is 12.1. The molecule has 2 unspecified atom stereocenters. The van der Waals surface area contributed by atoms with Crippen LogP contribution < -0.4 is 11.1 Å². The van der Waals surface area contributed by atoms with Crippen LogP contribution in [0, 0.1) is 0 Å². The van der Waals surface area contributed by atoms with E-state index in [1.54, 1.807) is 0 Å². The standard InChI is InChI=1S/C17H27N3O.2ClH/c1-2-20-11-7-6-10-15(20)13-19-17(21)16(18)12-14-8-4-3-5-9-14;;/h3-5,8-9,15-16H,2,6-7,10-13,18H2,1H3,(H,19,21);2*1H. The van der Waals surface area contributed by atoms with Crippen LogP contribution in [0.1, 0.15) is 31.7 Å². The molecule has 2 atom stereocenters. The van der Waals surface area contributed by atoms with Gasteiger partial charge in [0.2, 0.25) is 5.91 Å². The zero-order valence-electron chi connectivity index (χ0n) is 13.7. The predicted molar refractivity (Wildman–Crippen MR) is 101 cm³/mol. The molecule has 0 aromatic heterocycles. The SMILES string of the molecule is CCN1CCCCC1CNC(=O)C(N)Cc1ccccc1.Cl.Cl. The van der Waals surface area contributed by atoms with Crippen LogP contribution in [0.5, 0.6) is 0 Å². The van der Waals surface area contributed by atoms with Crippen LogP contribution in [0.2, 0.25) is 0 Å². The summed E-state index contributed by atoms with van der Waals surface area (Å²) >= 11 is 0. The summed E-state index contributed by atoms with van der Waals surface area (Å²) in [7, 11) is 0. The molecule has 0 radical (unpaired) electrons. The molecule has 1 aromatic rings. The second-order valence-corrected chi connectivity index (χ2v) is 5.82. The van der Waals surface area contributed by atoms with E-state index >= 15 is 0 Å². The third-order valence-electron chi connectivity index (χ3n) is 4.30. The number of hydrogen-bond donors (Lipinski definition) is 2. The lowest BCUT2D eigenvalue weighted by molar-refractivity contribution is -0.122. The van der Waals surface area contributed by atoms with E-state index in [0.29, 0.717) is 12.5 Å². The Balaban J connectivity index is 0.00000242. The first-order valence-electron chi connectivity index (χ1n) is 8.02. The van der Waals surface area contributed by atoms with Crippen molar-refractivity contribution in [3.05, 3.63) is 35.9 Å². The van der Waals surface area contributed by atoms with E-state index in [1.807, 2.05) is 30.3 Å². The number of hydrogen-bond acceptors (Lipinski definition) is 3. The van der Waals surface area contributed by atoms with E-state index < -0.39 is 6.04 Å². The zero-order valence-corrected chi connectivity index (χ0v) is 15.4. The van der Waals surface area contributed by atoms with Crippen molar-refractivity contribution in [3.63, 3.8) is 0 Å². The van der Waals surface area contributed by atoms with Crippen molar-refractivity contribution in [1.82, 2.24) is 10.2 Å². The van der Waals surface area contributed by atoms with Crippen LogP contribution in [-0.2, 0) is 11.2 Å². The lowest BCUT2D eigenvalue weighted by Gasteiger charge is -2.35. The van der Waals surface area contributed by atoms with Gasteiger partial charge in [0, 0.05) is 12.6 Å². The number of nitrogens with two attached hydrogens (primary N) is 1. The first-order chi connectivity index (χ1) is 10.2. The first-order valence-corrected chi connectivity index (χ1v) is 8.02. The Morgan fingerprint density at radius 1 is 1.30 bits per heavy atom. The van der Waals surface area contributed by atoms with Crippen molar-refractivity contribution >= 4 is 30.7 Å². The Kier molecular flexibility index (Phi) is 11.3. The van der Waals surface area contributed by atoms with E-state index in [1.165, 1.54) is 19.3 Å². The van der Waals surface area contributed by atoms with E-state index in [-0.39, 0.29) is 30.7 Å². The summed E-state index contributed by atoms with van der Waals surface area (Å²) in [6, 6.07) is 9.93. The van der Waals surface area contributed by atoms with Crippen LogP contribution in [-0.4, -0.2) is 42.5 Å². The Bertz CT molecular complexity index is 445. The van der Waals surface area contributed by atoms with Gasteiger partial charge in [-0.1, -0.05) is 43.7 Å². The topological polar surface area (TPSA) is 58.4 Å². The molecule has 4 nitrogen and oxygen atoms in total. The maximum absolute atomic E-state index is 12.1. The van der Waals surface area contributed by atoms with Gasteiger partial charge < -0.3 is 11.1 Å². The van der Waals surface area contributed by atoms with E-state index in [4.69, 9.17) is 5.73 Å². The number of piperidine rings is 1. The fraction of sp³-hybridized carbons (Fsp3) is 0.588. The third kappa shape index (κ3) is 7.08. The monoisotopic (exact) mass is 361 g/mol. The predicted octanol–water partition coefficient (Wildman–Crippen LogP) is 2.39. The van der Waals surface area contributed by atoms with Crippen molar-refractivity contribution < 1.29 is 4.79 Å². The van der Waals surface area contributed by atoms with E-state index in [0.717, 1.165) is 25.2 Å². The number of carbonyl (C=O) groups is 1. The smallest absolute Gasteiger partial charge is 0.237 e. The van der Waals surface area contributed by atoms with Crippen molar-refractivity contribution in [2.24, 2.45) is 5.73 Å². The number of likely N-dealkylation sites (tertiary alicyclic amines) is 1. The summed E-state index contributed by atoms with van der Waals surface area (Å²) in [5.41, 5.74) is 7.11. The number of nitrogens with one attached hydrogen (secondary N) is 1. The highest BCUT2D eigenvalue weighted by Crippen LogP contribution is 2.15. The molecule has 0 aliphatic carbocycles. The molecule has 6 heteroatoms. The number of likely N-dealkylation sites (N-methyl/N-ethyl adjacent to an activating group) is 1. The molecule has 0 saturated carbocycles. The molecular formula is C17H29Cl2N3O. The Hall–Kier alpha value is -0.810. The van der Waals surface area contributed by atoms with E-state index in [9.17, 15) is 4.79 Å². The van der Waals surface area contributed by atoms with Crippen LogP contribution in [0.4, 0.5) is 0 Å². The molecule has 0 spiro atoms. The Morgan fingerprint density at radius 3 is 2.65 bits per heavy atom. The lowest BCUT2D eigenvalue weighted by atomic mass is 10.0. The van der Waals surface area contributed by atoms with Gasteiger partial charge in [-0.2, -0.15) is 0 Å². The van der Waals surface area contributed by atoms with Crippen LogP contribution in [0.3, 0.4) is 0 Å². The number of benzene rings is 1. The fourth-order valence-corrected chi connectivity index (χ4v) is 3.02. The molecule has 1 saturated heterocycles. The minimum Gasteiger partial charge on any atom is -0.353 e. The lowest BCUT2D eigenvalue weighted by Crippen LogP contribution is -2.50. The molecule has 0 bridgehead atoms. The minimum atomic E-state index is -0.467. The van der Waals surface area contributed by atoms with Crippen molar-refractivity contribution in [1.29, 1.82) is 0 Å². The van der Waals surface area contributed by atoms with Crippen molar-refractivity contribution in [2.75, 3.05) is 19.6 Å². The molecule has 1 amide bonds. The van der Waals surface area contributed by atoms with Gasteiger partial charge >= 0.3 is 0 Å². The summed E-state index contributed by atoms with van der Waals surface area (Å²) in [6.07, 6.45) is 4.29. The van der Waals surface area contributed by atoms with Crippen molar-refractivity contribution in [2.45, 2.75) is 44.7 Å². The molecule has 1 aromatic carbocycles. The summed E-state index contributed by atoms with van der Waals surface area (Å²) in [4.78, 5) is 14.6. The fourth-order valence-electron chi connectivity index (χ4n) is 3.02. The average molecular weight is 362 g/mol. The Labute approximate surface area is 152 Å². The summed E-state index contributed by atoms with van der Waals surface area (Å²) in [5, 5.41) is 3.03. The normalized spacial score (nSPS) is 19.1. The summed E-state index contributed by atoms with van der Waals surface area (Å²) in [6.45, 7) is 5.10. The molecule has 3 N–H and O–H groups in total. The highest BCUT2D eigenvalue weighted by atomic mass is 35.5. The third-order valence-corrected chi connectivity index (χ3v) is 4.30. The van der Waals surface area contributed by atoms with Gasteiger partial charge in [0.05, 0.1) is 6.04 Å². The van der Waals surface area contributed by atoms with Crippen LogP contribution >= 0.6 is 24.8 Å². The van der Waals surface area contributed by atoms with Crippen LogP contribution in [0.15, 0.2) is 30.3 Å². The summed E-state index contributed by atoms with van der Waals surface area (Å²) < 4.78 is 0. The number of amides is 1. The first kappa shape index (κ1) is 22.2. The summed E-state index contributed by atoms with van der Waals surface area (Å²) in [5.74, 6) is -0.0412. The average Bonchev–Trinajstić information content (AvgIpc) is 2.53. The van der Waals surface area contributed by atoms with Gasteiger partial charge in [-0.3, -0.25) is 9.69 Å². The van der Waals surface area contributed by atoms with E-state index in [2.05, 4.69) is 17.1 Å². The second kappa shape index (κ2) is 11.7. The quantitative estimate of drug-likeness (QED) is 0.817. The highest BCUT2D eigenvalue weighted by molar-refractivity contribution is 5.85. The van der Waals surface area contributed by atoms with Gasteiger partial charge in [-0.25, -0.2) is 0 Å². The van der Waals surface area contributed by atoms with Gasteiger partial charge in [-0.05, 0) is 37.9 Å². The van der Waals surface area contributed by atoms with Gasteiger partial charge in [0.15, 0.2) is 0 Å². The molecule has 2 rings (SSSR count). The largest absolute Gasteiger partial charge is 0.353 e. The van der Waals surface area contributed by atoms with Crippen LogP contribution in [0.25, 0.3) is 0 Å². The van der Waals surface area contributed by atoms with Gasteiger partial charge in [0.1, 0.15) is 0 Å². The molecule has 132 valence electrons. The number of rotatable bonds is 6. The molecular weight excluding hydrogens is 333 g/mol. The van der Waals surface area contributed by atoms with Crippen molar-refractivity contribution in [3.8, 4) is 0 Å². The van der Waals surface area contributed by atoms with Gasteiger partial charge in [-0.15, -0.1) is 24.8 Å². The molecule has 1 heterocycles. The molecule has 1 aliphatic rings. The number of halogens is 2. The molecule has 1 fully saturated rings. The number of nitrogens with zero attached hydrogens (tertiary/aromatic N) is 1.